The highest BCUT2D eigenvalue weighted by molar-refractivity contribution is 7.98. The van der Waals surface area contributed by atoms with Gasteiger partial charge in [-0.3, -0.25) is 4.79 Å². The van der Waals surface area contributed by atoms with Crippen LogP contribution in [0.1, 0.15) is 12.8 Å². The summed E-state index contributed by atoms with van der Waals surface area (Å²) in [6.07, 6.45) is 3.53. The van der Waals surface area contributed by atoms with E-state index in [0.717, 1.165) is 12.2 Å². The second-order valence-corrected chi connectivity index (χ2v) is 6.52. The van der Waals surface area contributed by atoms with Gasteiger partial charge in [0.25, 0.3) is 0 Å². The van der Waals surface area contributed by atoms with Gasteiger partial charge >= 0.3 is 0 Å². The van der Waals surface area contributed by atoms with Gasteiger partial charge in [-0.25, -0.2) is 0 Å². The summed E-state index contributed by atoms with van der Waals surface area (Å²) in [5.74, 6) is 1.60. The maximum absolute atomic E-state index is 12.2. The van der Waals surface area contributed by atoms with Crippen LogP contribution < -0.4 is 10.5 Å². The van der Waals surface area contributed by atoms with Crippen LogP contribution in [0.15, 0.2) is 24.3 Å². The lowest BCUT2D eigenvalue weighted by atomic mass is 10.2. The Morgan fingerprint density at radius 1 is 1.55 bits per heavy atom. The van der Waals surface area contributed by atoms with E-state index in [1.807, 2.05) is 24.5 Å². The minimum absolute atomic E-state index is 0. The van der Waals surface area contributed by atoms with Crippen LogP contribution in [0.2, 0.25) is 5.02 Å². The Labute approximate surface area is 147 Å². The Morgan fingerprint density at radius 3 is 2.95 bits per heavy atom. The zero-order chi connectivity index (χ0) is 15.2. The molecule has 7 heteroatoms. The number of hydrogen-bond donors (Lipinski definition) is 1. The highest BCUT2D eigenvalue weighted by atomic mass is 35.5. The van der Waals surface area contributed by atoms with Crippen molar-refractivity contribution < 1.29 is 9.53 Å². The van der Waals surface area contributed by atoms with Crippen LogP contribution in [-0.4, -0.2) is 48.1 Å². The number of amides is 1. The molecular formula is C15H22Cl2N2O2S. The summed E-state index contributed by atoms with van der Waals surface area (Å²) >= 11 is 7.79. The van der Waals surface area contributed by atoms with E-state index >= 15 is 0 Å². The van der Waals surface area contributed by atoms with E-state index in [1.54, 1.807) is 22.7 Å². The Bertz CT molecular complexity index is 490. The molecule has 1 amide bonds. The lowest BCUT2D eigenvalue weighted by molar-refractivity contribution is -0.131. The van der Waals surface area contributed by atoms with Crippen molar-refractivity contribution in [1.82, 2.24) is 4.90 Å². The zero-order valence-corrected chi connectivity index (χ0v) is 14.9. The third-order valence-electron chi connectivity index (χ3n) is 3.54. The molecule has 1 aliphatic rings. The van der Waals surface area contributed by atoms with Gasteiger partial charge in [0, 0.05) is 13.0 Å². The summed E-state index contributed by atoms with van der Waals surface area (Å²) in [7, 11) is 0. The third-order valence-corrected chi connectivity index (χ3v) is 4.49. The minimum atomic E-state index is -0.406. The summed E-state index contributed by atoms with van der Waals surface area (Å²) in [6.45, 7) is 1.28. The SMILES string of the molecule is CSCC[C@H](N)C(=O)N1CCC(Oc2ccccc2Cl)C1.Cl. The number of hydrogen-bond acceptors (Lipinski definition) is 4. The van der Waals surface area contributed by atoms with Gasteiger partial charge in [-0.2, -0.15) is 11.8 Å². The fourth-order valence-electron chi connectivity index (χ4n) is 2.35. The van der Waals surface area contributed by atoms with Gasteiger partial charge in [-0.1, -0.05) is 23.7 Å². The quantitative estimate of drug-likeness (QED) is 0.842. The van der Waals surface area contributed by atoms with Crippen molar-refractivity contribution in [3.05, 3.63) is 29.3 Å². The number of para-hydroxylation sites is 1. The average Bonchev–Trinajstić information content (AvgIpc) is 2.95. The van der Waals surface area contributed by atoms with Crippen molar-refractivity contribution in [3.8, 4) is 5.75 Å². The molecule has 1 saturated heterocycles. The summed E-state index contributed by atoms with van der Waals surface area (Å²) in [5, 5.41) is 0.596. The summed E-state index contributed by atoms with van der Waals surface area (Å²) in [6, 6.07) is 6.99. The lowest BCUT2D eigenvalue weighted by Gasteiger charge is -2.21. The Balaban J connectivity index is 0.00000242. The molecule has 2 atom stereocenters. The molecular weight excluding hydrogens is 343 g/mol. The number of ether oxygens (including phenoxy) is 1. The van der Waals surface area contributed by atoms with Crippen LogP contribution >= 0.6 is 35.8 Å². The van der Waals surface area contributed by atoms with Crippen LogP contribution in [0.5, 0.6) is 5.75 Å². The first kappa shape index (κ1) is 19.4. The standard InChI is InChI=1S/C15H21ClN2O2S.ClH/c1-21-9-7-13(17)15(19)18-8-6-11(10-18)20-14-5-3-2-4-12(14)16;/h2-5,11,13H,6-10,17H2,1H3;1H/t11?,13-;/m0./s1. The second-order valence-electron chi connectivity index (χ2n) is 5.13. The summed E-state index contributed by atoms with van der Waals surface area (Å²) < 4.78 is 5.88. The van der Waals surface area contributed by atoms with E-state index in [4.69, 9.17) is 22.1 Å². The van der Waals surface area contributed by atoms with Crippen LogP contribution in [0.4, 0.5) is 0 Å². The van der Waals surface area contributed by atoms with Crippen LogP contribution in [0.3, 0.4) is 0 Å². The molecule has 1 heterocycles. The molecule has 2 N–H and O–H groups in total. The predicted octanol–water partition coefficient (Wildman–Crippen LogP) is 2.82. The summed E-state index contributed by atoms with van der Waals surface area (Å²) in [5.41, 5.74) is 5.94. The maximum Gasteiger partial charge on any atom is 0.239 e. The molecule has 1 aromatic carbocycles. The first-order chi connectivity index (χ1) is 10.1. The topological polar surface area (TPSA) is 55.6 Å². The average molecular weight is 365 g/mol. The highest BCUT2D eigenvalue weighted by Crippen LogP contribution is 2.26. The van der Waals surface area contributed by atoms with Crippen molar-refractivity contribution in [1.29, 1.82) is 0 Å². The number of nitrogens with zero attached hydrogens (tertiary/aromatic N) is 1. The van der Waals surface area contributed by atoms with E-state index in [1.165, 1.54) is 0 Å². The van der Waals surface area contributed by atoms with Gasteiger partial charge in [0.1, 0.15) is 11.9 Å². The number of halogens is 2. The van der Waals surface area contributed by atoms with Crippen LogP contribution in [0.25, 0.3) is 0 Å². The van der Waals surface area contributed by atoms with Crippen molar-refractivity contribution in [2.24, 2.45) is 5.73 Å². The van der Waals surface area contributed by atoms with Gasteiger partial charge in [-0.15, -0.1) is 12.4 Å². The molecule has 22 heavy (non-hydrogen) atoms. The number of benzene rings is 1. The van der Waals surface area contributed by atoms with E-state index in [0.29, 0.717) is 30.3 Å². The molecule has 0 radical (unpaired) electrons. The summed E-state index contributed by atoms with van der Waals surface area (Å²) in [4.78, 5) is 14.0. The molecule has 4 nitrogen and oxygen atoms in total. The van der Waals surface area contributed by atoms with Crippen LogP contribution in [0, 0.1) is 0 Å². The fraction of sp³-hybridized carbons (Fsp3) is 0.533. The molecule has 0 aliphatic carbocycles. The molecule has 0 bridgehead atoms. The van der Waals surface area contributed by atoms with Gasteiger partial charge < -0.3 is 15.4 Å². The van der Waals surface area contributed by atoms with Crippen molar-refractivity contribution in [2.75, 3.05) is 25.1 Å². The number of nitrogens with two attached hydrogens (primary N) is 1. The highest BCUT2D eigenvalue weighted by Gasteiger charge is 2.30. The smallest absolute Gasteiger partial charge is 0.239 e. The number of rotatable bonds is 6. The Kier molecular flexibility index (Phi) is 8.39. The molecule has 0 saturated carbocycles. The number of carbonyl (C=O) groups excluding carboxylic acids is 1. The van der Waals surface area contributed by atoms with Gasteiger partial charge in [-0.05, 0) is 30.6 Å². The Morgan fingerprint density at radius 2 is 2.27 bits per heavy atom. The maximum atomic E-state index is 12.2. The first-order valence-corrected chi connectivity index (χ1v) is 8.83. The van der Waals surface area contributed by atoms with E-state index in [9.17, 15) is 4.79 Å². The van der Waals surface area contributed by atoms with E-state index in [2.05, 4.69) is 0 Å². The van der Waals surface area contributed by atoms with Crippen molar-refractivity contribution in [3.63, 3.8) is 0 Å². The van der Waals surface area contributed by atoms with Crippen molar-refractivity contribution in [2.45, 2.75) is 25.0 Å². The molecule has 0 aromatic heterocycles. The molecule has 1 unspecified atom stereocenters. The minimum Gasteiger partial charge on any atom is -0.487 e. The van der Waals surface area contributed by atoms with Crippen molar-refractivity contribution >= 4 is 41.7 Å². The lowest BCUT2D eigenvalue weighted by Crippen LogP contribution is -2.43. The van der Waals surface area contributed by atoms with E-state index < -0.39 is 6.04 Å². The third kappa shape index (κ3) is 5.23. The van der Waals surface area contributed by atoms with Gasteiger partial charge in [0.15, 0.2) is 0 Å². The van der Waals surface area contributed by atoms with Gasteiger partial charge in [0.05, 0.1) is 17.6 Å². The monoisotopic (exact) mass is 364 g/mol. The zero-order valence-electron chi connectivity index (χ0n) is 12.5. The molecule has 124 valence electrons. The van der Waals surface area contributed by atoms with E-state index in [-0.39, 0.29) is 24.4 Å². The normalized spacial score (nSPS) is 18.7. The fourth-order valence-corrected chi connectivity index (χ4v) is 3.02. The largest absolute Gasteiger partial charge is 0.487 e. The molecule has 2 rings (SSSR count). The molecule has 0 spiro atoms. The molecule has 1 aliphatic heterocycles. The molecule has 1 fully saturated rings. The molecule has 1 aromatic rings. The van der Waals surface area contributed by atoms with Gasteiger partial charge in [0.2, 0.25) is 5.91 Å². The number of carbonyl (C=O) groups is 1. The Hall–Kier alpha value is -0.620. The number of likely N-dealkylation sites (tertiary alicyclic amines) is 1. The number of thioether (sulfide) groups is 1. The first-order valence-electron chi connectivity index (χ1n) is 7.06. The van der Waals surface area contributed by atoms with Crippen LogP contribution in [-0.2, 0) is 4.79 Å². The second kappa shape index (κ2) is 9.50. The predicted molar refractivity (Wildman–Crippen MR) is 95.3 cm³/mol.